The van der Waals surface area contributed by atoms with Gasteiger partial charge in [0.15, 0.2) is 0 Å². The predicted octanol–water partition coefficient (Wildman–Crippen LogP) is 2.60. The summed E-state index contributed by atoms with van der Waals surface area (Å²) in [5.74, 6) is -0.105. The molecule has 0 atom stereocenters. The highest BCUT2D eigenvalue weighted by molar-refractivity contribution is 5.95. The summed E-state index contributed by atoms with van der Waals surface area (Å²) >= 11 is 0. The predicted molar refractivity (Wildman–Crippen MR) is 74.5 cm³/mol. The number of nitrogens with zero attached hydrogens (tertiary/aromatic N) is 1. The molecule has 0 aliphatic rings. The first kappa shape index (κ1) is 13.7. The smallest absolute Gasteiger partial charge is 0.271 e. The quantitative estimate of drug-likeness (QED) is 0.687. The molecule has 0 aromatic heterocycles. The van der Waals surface area contributed by atoms with Crippen LogP contribution in [0.25, 0.3) is 0 Å². The summed E-state index contributed by atoms with van der Waals surface area (Å²) in [6.07, 6.45) is 1.26. The Balaban J connectivity index is 1.99. The van der Waals surface area contributed by atoms with E-state index in [2.05, 4.69) is 10.5 Å². The Bertz CT molecular complexity index is 624. The maximum atomic E-state index is 13.3. The molecule has 0 spiro atoms. The third-order valence-corrected chi connectivity index (χ3v) is 2.63. The van der Waals surface area contributed by atoms with E-state index in [0.717, 1.165) is 0 Å². The fraction of sp³-hybridized carbons (Fsp3) is 0.0667. The third kappa shape index (κ3) is 3.41. The zero-order valence-corrected chi connectivity index (χ0v) is 10.8. The Kier molecular flexibility index (Phi) is 4.44. The number of rotatable bonds is 4. The van der Waals surface area contributed by atoms with Crippen molar-refractivity contribution >= 4 is 12.1 Å². The van der Waals surface area contributed by atoms with Crippen LogP contribution < -0.4 is 10.2 Å². The minimum absolute atomic E-state index is 0.308. The molecule has 5 heteroatoms. The highest BCUT2D eigenvalue weighted by atomic mass is 19.1. The van der Waals surface area contributed by atoms with Crippen molar-refractivity contribution in [3.8, 4) is 5.75 Å². The van der Waals surface area contributed by atoms with Gasteiger partial charge in [-0.3, -0.25) is 4.79 Å². The zero-order chi connectivity index (χ0) is 14.4. The van der Waals surface area contributed by atoms with Crippen LogP contribution in [0, 0.1) is 5.82 Å². The van der Waals surface area contributed by atoms with Gasteiger partial charge < -0.3 is 4.74 Å². The lowest BCUT2D eigenvalue weighted by molar-refractivity contribution is 0.0955. The van der Waals surface area contributed by atoms with E-state index in [1.54, 1.807) is 49.6 Å². The Morgan fingerprint density at radius 1 is 1.20 bits per heavy atom. The number of hydrogen-bond donors (Lipinski definition) is 1. The first-order valence-corrected chi connectivity index (χ1v) is 5.92. The molecule has 2 aromatic carbocycles. The van der Waals surface area contributed by atoms with Crippen LogP contribution in [0.15, 0.2) is 53.6 Å². The summed E-state index contributed by atoms with van der Waals surface area (Å²) in [7, 11) is 1.55. The summed E-state index contributed by atoms with van der Waals surface area (Å²) in [5, 5.41) is 3.73. The van der Waals surface area contributed by atoms with E-state index >= 15 is 0 Å². The first-order valence-electron chi connectivity index (χ1n) is 5.92. The van der Waals surface area contributed by atoms with Gasteiger partial charge in [-0.25, -0.2) is 9.82 Å². The van der Waals surface area contributed by atoms with E-state index in [9.17, 15) is 9.18 Å². The van der Waals surface area contributed by atoms with Gasteiger partial charge >= 0.3 is 0 Å². The van der Waals surface area contributed by atoms with Crippen molar-refractivity contribution in [1.82, 2.24) is 5.43 Å². The molecule has 0 unspecified atom stereocenters. The number of halogens is 1. The molecule has 2 rings (SSSR count). The van der Waals surface area contributed by atoms with E-state index in [-0.39, 0.29) is 5.91 Å². The number of nitrogens with one attached hydrogen (secondary N) is 1. The molecular formula is C15H13FN2O2. The van der Waals surface area contributed by atoms with Gasteiger partial charge in [0.25, 0.3) is 5.91 Å². The van der Waals surface area contributed by atoms with Gasteiger partial charge in [0.2, 0.25) is 0 Å². The van der Waals surface area contributed by atoms with Crippen molar-refractivity contribution < 1.29 is 13.9 Å². The van der Waals surface area contributed by atoms with Gasteiger partial charge in [-0.05, 0) is 30.3 Å². The molecule has 0 saturated heterocycles. The second-order valence-electron chi connectivity index (χ2n) is 3.95. The highest BCUT2D eigenvalue weighted by Crippen LogP contribution is 2.11. The van der Waals surface area contributed by atoms with Crippen LogP contribution in [0.4, 0.5) is 4.39 Å². The number of hydrazone groups is 1. The Morgan fingerprint density at radius 2 is 1.90 bits per heavy atom. The number of carbonyl (C=O) groups is 1. The number of amides is 1. The Hall–Kier alpha value is -2.69. The van der Waals surface area contributed by atoms with Crippen molar-refractivity contribution in [1.29, 1.82) is 0 Å². The molecule has 0 heterocycles. The van der Waals surface area contributed by atoms with Crippen LogP contribution in [0.3, 0.4) is 0 Å². The fourth-order valence-electron chi connectivity index (χ4n) is 1.55. The molecule has 0 saturated carbocycles. The lowest BCUT2D eigenvalue weighted by atomic mass is 10.2. The van der Waals surface area contributed by atoms with Crippen LogP contribution in [0.1, 0.15) is 15.9 Å². The second kappa shape index (κ2) is 6.47. The lowest BCUT2D eigenvalue weighted by Gasteiger charge is -2.02. The van der Waals surface area contributed by atoms with Crippen molar-refractivity contribution in [3.63, 3.8) is 0 Å². The van der Waals surface area contributed by atoms with Crippen LogP contribution in [-0.4, -0.2) is 19.2 Å². The maximum Gasteiger partial charge on any atom is 0.271 e. The number of carbonyl (C=O) groups excluding carboxylic acids is 1. The third-order valence-electron chi connectivity index (χ3n) is 2.63. The number of methoxy groups -OCH3 is 1. The molecular weight excluding hydrogens is 259 g/mol. The van der Waals surface area contributed by atoms with Crippen molar-refractivity contribution in [3.05, 3.63) is 65.5 Å². The summed E-state index contributed by atoms with van der Waals surface area (Å²) in [6, 6.07) is 12.8. The Labute approximate surface area is 115 Å². The van der Waals surface area contributed by atoms with Crippen LogP contribution >= 0.6 is 0 Å². The van der Waals surface area contributed by atoms with Gasteiger partial charge in [-0.15, -0.1) is 0 Å². The number of hydrogen-bond acceptors (Lipinski definition) is 3. The molecule has 102 valence electrons. The minimum atomic E-state index is -0.394. The molecule has 2 aromatic rings. The molecule has 0 fully saturated rings. The fourth-order valence-corrected chi connectivity index (χ4v) is 1.55. The van der Waals surface area contributed by atoms with E-state index < -0.39 is 5.82 Å². The second-order valence-corrected chi connectivity index (χ2v) is 3.95. The summed E-state index contributed by atoms with van der Waals surface area (Å²) in [6.45, 7) is 0. The summed E-state index contributed by atoms with van der Waals surface area (Å²) in [4.78, 5) is 11.8. The first-order chi connectivity index (χ1) is 9.70. The molecule has 0 aliphatic heterocycles. The van der Waals surface area contributed by atoms with Gasteiger partial charge in [0, 0.05) is 11.1 Å². The van der Waals surface area contributed by atoms with Gasteiger partial charge in [0.1, 0.15) is 11.6 Å². The molecule has 0 radical (unpaired) electrons. The average molecular weight is 272 g/mol. The summed E-state index contributed by atoms with van der Waals surface area (Å²) in [5.41, 5.74) is 3.08. The van der Waals surface area contributed by atoms with Crippen molar-refractivity contribution in [2.24, 2.45) is 5.10 Å². The monoisotopic (exact) mass is 272 g/mol. The molecule has 0 bridgehead atoms. The number of benzene rings is 2. The maximum absolute atomic E-state index is 13.3. The van der Waals surface area contributed by atoms with E-state index in [4.69, 9.17) is 4.74 Å². The molecule has 1 N–H and O–H groups in total. The SMILES string of the molecule is COc1ccc(C(=O)N/N=C\c2ccccc2F)cc1. The normalized spacial score (nSPS) is 10.5. The van der Waals surface area contributed by atoms with Gasteiger partial charge in [0.05, 0.1) is 13.3 Å². The topological polar surface area (TPSA) is 50.7 Å². The Morgan fingerprint density at radius 3 is 2.55 bits per heavy atom. The molecule has 1 amide bonds. The van der Waals surface area contributed by atoms with Crippen molar-refractivity contribution in [2.75, 3.05) is 7.11 Å². The van der Waals surface area contributed by atoms with Crippen LogP contribution in [0.2, 0.25) is 0 Å². The van der Waals surface area contributed by atoms with Gasteiger partial charge in [-0.1, -0.05) is 18.2 Å². The average Bonchev–Trinajstić information content (AvgIpc) is 2.49. The summed E-state index contributed by atoms with van der Waals surface area (Å²) < 4.78 is 18.3. The van der Waals surface area contributed by atoms with Crippen molar-refractivity contribution in [2.45, 2.75) is 0 Å². The van der Waals surface area contributed by atoms with E-state index in [1.165, 1.54) is 12.3 Å². The molecule has 20 heavy (non-hydrogen) atoms. The zero-order valence-electron chi connectivity index (χ0n) is 10.8. The van der Waals surface area contributed by atoms with Crippen LogP contribution in [-0.2, 0) is 0 Å². The standard InChI is InChI=1S/C15H13FN2O2/c1-20-13-8-6-11(7-9-13)15(19)18-17-10-12-4-2-3-5-14(12)16/h2-10H,1H3,(H,18,19)/b17-10-. The lowest BCUT2D eigenvalue weighted by Crippen LogP contribution is -2.17. The minimum Gasteiger partial charge on any atom is -0.497 e. The van der Waals surface area contributed by atoms with E-state index in [0.29, 0.717) is 16.9 Å². The molecule has 0 aliphatic carbocycles. The van der Waals surface area contributed by atoms with Crippen LogP contribution in [0.5, 0.6) is 5.75 Å². The van der Waals surface area contributed by atoms with Gasteiger partial charge in [-0.2, -0.15) is 5.10 Å². The highest BCUT2D eigenvalue weighted by Gasteiger charge is 2.04. The van der Waals surface area contributed by atoms with E-state index in [1.807, 2.05) is 0 Å². The molecule has 4 nitrogen and oxygen atoms in total. The largest absolute Gasteiger partial charge is 0.497 e. The number of ether oxygens (including phenoxy) is 1.